The molecule has 0 spiro atoms. The number of hydrogen-bond donors (Lipinski definition) is 0. The van der Waals surface area contributed by atoms with Crippen LogP contribution in [0, 0.1) is 0 Å². The maximum Gasteiger partial charge on any atom is 0.0541 e. The van der Waals surface area contributed by atoms with Gasteiger partial charge in [0, 0.05) is 33.5 Å². The number of rotatable bonds is 9. The third-order valence-corrected chi connectivity index (χ3v) is 14.1. The first-order chi connectivity index (χ1) is 33.7. The quantitative estimate of drug-likeness (QED) is 0.140. The molecule has 0 N–H and O–H groups in total. The van der Waals surface area contributed by atoms with Crippen molar-refractivity contribution >= 4 is 49.6 Å². The average molecular weight is 867 g/mol. The summed E-state index contributed by atoms with van der Waals surface area (Å²) >= 11 is 0. The lowest BCUT2D eigenvalue weighted by molar-refractivity contribution is 0.840. The first-order valence-corrected chi connectivity index (χ1v) is 23.7. The number of fused-ring (bicyclic) bond motifs is 5. The highest BCUT2D eigenvalue weighted by Gasteiger charge is 2.18. The van der Waals surface area contributed by atoms with Crippen LogP contribution in [0.25, 0.3) is 93.9 Å². The normalized spacial score (nSPS) is 12.0. The van der Waals surface area contributed by atoms with E-state index in [1.807, 2.05) is 0 Å². The van der Waals surface area contributed by atoms with Crippen LogP contribution in [-0.4, -0.2) is 4.57 Å². The summed E-state index contributed by atoms with van der Waals surface area (Å²) in [4.78, 5) is 2.37. The lowest BCUT2D eigenvalue weighted by Crippen LogP contribution is -2.10. The Morgan fingerprint density at radius 3 is 1.24 bits per heavy atom. The van der Waals surface area contributed by atoms with Crippen LogP contribution in [-0.2, 0) is 12.8 Å². The molecule has 13 rings (SSSR count). The summed E-state index contributed by atoms with van der Waals surface area (Å²) in [5.74, 6) is 0. The number of hydrogen-bond acceptors (Lipinski definition) is 1. The number of anilines is 3. The summed E-state index contributed by atoms with van der Waals surface area (Å²) in [5, 5.41) is 4.95. The van der Waals surface area contributed by atoms with Crippen molar-refractivity contribution in [3.8, 4) is 61.3 Å². The molecule has 2 nitrogen and oxygen atoms in total. The third-order valence-electron chi connectivity index (χ3n) is 14.1. The molecule has 68 heavy (non-hydrogen) atoms. The maximum absolute atomic E-state index is 2.42. The van der Waals surface area contributed by atoms with E-state index in [0.717, 1.165) is 22.7 Å². The monoisotopic (exact) mass is 866 g/mol. The van der Waals surface area contributed by atoms with Crippen molar-refractivity contribution in [3.63, 3.8) is 0 Å². The van der Waals surface area contributed by atoms with E-state index in [0.29, 0.717) is 0 Å². The molecule has 0 radical (unpaired) electrons. The van der Waals surface area contributed by atoms with E-state index in [9.17, 15) is 0 Å². The van der Waals surface area contributed by atoms with Gasteiger partial charge in [-0.1, -0.05) is 176 Å². The molecule has 1 aliphatic carbocycles. The first-order valence-electron chi connectivity index (χ1n) is 23.7. The van der Waals surface area contributed by atoms with Crippen molar-refractivity contribution in [1.29, 1.82) is 0 Å². The van der Waals surface area contributed by atoms with Gasteiger partial charge in [0.25, 0.3) is 0 Å². The number of aromatic nitrogens is 1. The van der Waals surface area contributed by atoms with Gasteiger partial charge in [0.15, 0.2) is 0 Å². The Morgan fingerprint density at radius 1 is 0.265 bits per heavy atom. The van der Waals surface area contributed by atoms with Crippen LogP contribution in [0.3, 0.4) is 0 Å². The van der Waals surface area contributed by atoms with Gasteiger partial charge in [-0.05, 0) is 169 Å². The summed E-state index contributed by atoms with van der Waals surface area (Å²) in [6.07, 6.45) is 2.38. The summed E-state index contributed by atoms with van der Waals surface area (Å²) in [6, 6.07) is 93.5. The van der Waals surface area contributed by atoms with E-state index in [-0.39, 0.29) is 0 Å². The van der Waals surface area contributed by atoms with Gasteiger partial charge in [0.2, 0.25) is 0 Å². The molecule has 0 bridgehead atoms. The molecule has 12 aromatic rings. The fourth-order valence-corrected chi connectivity index (χ4v) is 10.3. The molecule has 0 atom stereocenters. The number of benzene rings is 11. The Kier molecular flexibility index (Phi) is 9.68. The average Bonchev–Trinajstić information content (AvgIpc) is 3.73. The van der Waals surface area contributed by atoms with E-state index in [4.69, 9.17) is 0 Å². The van der Waals surface area contributed by atoms with Crippen LogP contribution in [0.5, 0.6) is 0 Å². The van der Waals surface area contributed by atoms with Gasteiger partial charge in [0.1, 0.15) is 0 Å². The lowest BCUT2D eigenvalue weighted by atomic mass is 9.86. The Balaban J connectivity index is 0.822. The largest absolute Gasteiger partial charge is 0.310 e. The smallest absolute Gasteiger partial charge is 0.0541 e. The molecule has 1 aromatic heterocycles. The Morgan fingerprint density at radius 2 is 0.691 bits per heavy atom. The minimum atomic E-state index is 1.11. The van der Waals surface area contributed by atoms with Crippen LogP contribution in [0.15, 0.2) is 255 Å². The molecule has 0 amide bonds. The lowest BCUT2D eigenvalue weighted by Gasteiger charge is -2.26. The molecule has 0 saturated heterocycles. The fraction of sp³-hybridized carbons (Fsp3) is 0.0303. The summed E-state index contributed by atoms with van der Waals surface area (Å²) in [5.41, 5.74) is 22.0. The second-order valence-corrected chi connectivity index (χ2v) is 18.1. The van der Waals surface area contributed by atoms with E-state index < -0.39 is 0 Å². The minimum absolute atomic E-state index is 1.11. The highest BCUT2D eigenvalue weighted by atomic mass is 15.1. The van der Waals surface area contributed by atoms with Crippen molar-refractivity contribution in [2.75, 3.05) is 4.90 Å². The highest BCUT2D eigenvalue weighted by molar-refractivity contribution is 6.11. The van der Waals surface area contributed by atoms with Gasteiger partial charge >= 0.3 is 0 Å². The van der Waals surface area contributed by atoms with Gasteiger partial charge in [0.05, 0.1) is 11.0 Å². The topological polar surface area (TPSA) is 8.17 Å². The van der Waals surface area contributed by atoms with Crippen LogP contribution < -0.4 is 4.90 Å². The Hall–Kier alpha value is -8.72. The molecule has 2 heteroatoms. The van der Waals surface area contributed by atoms with E-state index in [1.54, 1.807) is 0 Å². The highest BCUT2D eigenvalue weighted by Crippen LogP contribution is 2.41. The number of aryl methyl sites for hydroxylation is 2. The van der Waals surface area contributed by atoms with Gasteiger partial charge in [-0.25, -0.2) is 0 Å². The molecule has 0 aliphatic heterocycles. The van der Waals surface area contributed by atoms with Gasteiger partial charge in [-0.3, -0.25) is 0 Å². The van der Waals surface area contributed by atoms with Crippen molar-refractivity contribution < 1.29 is 0 Å². The van der Waals surface area contributed by atoms with Crippen molar-refractivity contribution in [2.24, 2.45) is 0 Å². The predicted molar refractivity (Wildman–Crippen MR) is 288 cm³/mol. The zero-order valence-electron chi connectivity index (χ0n) is 37.6. The molecular formula is C66H46N2. The maximum atomic E-state index is 2.42. The van der Waals surface area contributed by atoms with Crippen molar-refractivity contribution in [2.45, 2.75) is 12.8 Å². The number of nitrogens with zero attached hydrogens (tertiary/aromatic N) is 2. The molecule has 0 fully saturated rings. The van der Waals surface area contributed by atoms with E-state index in [2.05, 4.69) is 264 Å². The first kappa shape index (κ1) is 39.6. The van der Waals surface area contributed by atoms with Crippen LogP contribution in [0.2, 0.25) is 0 Å². The van der Waals surface area contributed by atoms with Crippen LogP contribution >= 0.6 is 0 Å². The summed E-state index contributed by atoms with van der Waals surface area (Å²) in [7, 11) is 0. The molecule has 11 aromatic carbocycles. The molecule has 0 unspecified atom stereocenters. The van der Waals surface area contributed by atoms with Crippen molar-refractivity contribution in [3.05, 3.63) is 266 Å². The van der Waals surface area contributed by atoms with Gasteiger partial charge < -0.3 is 9.47 Å². The van der Waals surface area contributed by atoms with Crippen LogP contribution in [0.1, 0.15) is 11.1 Å². The predicted octanol–water partition coefficient (Wildman–Crippen LogP) is 17.8. The zero-order valence-corrected chi connectivity index (χ0v) is 37.6. The second kappa shape index (κ2) is 16.6. The molecule has 1 heterocycles. The summed E-state index contributed by atoms with van der Waals surface area (Å²) < 4.78 is 2.42. The van der Waals surface area contributed by atoms with E-state index in [1.165, 1.54) is 112 Å². The van der Waals surface area contributed by atoms with Crippen molar-refractivity contribution in [1.82, 2.24) is 4.57 Å². The molecule has 320 valence electrons. The minimum Gasteiger partial charge on any atom is -0.310 e. The summed E-state index contributed by atoms with van der Waals surface area (Å²) in [6.45, 7) is 0. The molecular weight excluding hydrogens is 821 g/mol. The fourth-order valence-electron chi connectivity index (χ4n) is 10.3. The molecule has 0 saturated carbocycles. The van der Waals surface area contributed by atoms with E-state index >= 15 is 0 Å². The SMILES string of the molecule is c1ccc(-c2ccc3c(c2)c2cc(-c4ccccc4)ccc2n3-c2ccc(-c3cccc(-c4ccc(N(c5ccc(-c6ccc7c(c6)CC7)cc5)c5ccc6ccccc6c5)cc4)c3)cc2)cc1. The third kappa shape index (κ3) is 7.15. The zero-order chi connectivity index (χ0) is 45.0. The standard InChI is InChI=1S/C66H46N2/c1-3-10-45(11-4-1)57-29-38-65-63(43-57)64-44-58(46-12-5-2-6-13-46)30-39-66(64)68(65)61-35-26-50(27-36-61)53-17-9-16-52(40-53)49-22-31-59(32-23-49)67(62-37-28-47-14-7-8-15-54(47)42-62)60-33-24-51(25-34-60)56-21-19-48-18-20-55(48)41-56/h1-17,19,21-44H,18,20H2. The molecule has 1 aliphatic rings. The van der Waals surface area contributed by atoms with Gasteiger partial charge in [-0.2, -0.15) is 0 Å². The van der Waals surface area contributed by atoms with Gasteiger partial charge in [-0.15, -0.1) is 0 Å². The Labute approximate surface area is 397 Å². The second-order valence-electron chi connectivity index (χ2n) is 18.1. The Bertz CT molecular complexity index is 3710. The van der Waals surface area contributed by atoms with Crippen LogP contribution in [0.4, 0.5) is 17.1 Å².